The Morgan fingerprint density at radius 2 is 1.71 bits per heavy atom. The smallest absolute Gasteiger partial charge is 0.314 e. The minimum atomic E-state index is -0.312. The van der Waals surface area contributed by atoms with Crippen molar-refractivity contribution >= 4 is 6.03 Å². The number of ether oxygens (including phenoxy) is 1. The standard InChI is InChI=1S/C20H22N2O2/c21-19(23)22-12-10-20(11-13-22)14-18(16-8-4-5-9-17(16)20)24-15-6-2-1-3-7-15/h1-9,18H,10-14H2,(H2,21,23). The molecule has 2 amide bonds. The molecule has 4 heteroatoms. The molecule has 2 aromatic rings. The zero-order chi connectivity index (χ0) is 16.6. The lowest BCUT2D eigenvalue weighted by molar-refractivity contribution is 0.131. The number of hydrogen-bond acceptors (Lipinski definition) is 2. The van der Waals surface area contributed by atoms with Crippen molar-refractivity contribution in [3.63, 3.8) is 0 Å². The molecule has 24 heavy (non-hydrogen) atoms. The number of nitrogens with zero attached hydrogens (tertiary/aromatic N) is 1. The van der Waals surface area contributed by atoms with Gasteiger partial charge in [0.1, 0.15) is 11.9 Å². The maximum Gasteiger partial charge on any atom is 0.314 e. The van der Waals surface area contributed by atoms with Gasteiger partial charge in [-0.2, -0.15) is 0 Å². The summed E-state index contributed by atoms with van der Waals surface area (Å²) in [6.45, 7) is 1.45. The van der Waals surface area contributed by atoms with Crippen LogP contribution in [0.2, 0.25) is 0 Å². The Morgan fingerprint density at radius 3 is 2.42 bits per heavy atom. The molecule has 2 aromatic carbocycles. The number of para-hydroxylation sites is 1. The number of hydrogen-bond donors (Lipinski definition) is 1. The summed E-state index contributed by atoms with van der Waals surface area (Å²) in [4.78, 5) is 13.2. The second-order valence-electron chi connectivity index (χ2n) is 6.82. The molecule has 124 valence electrons. The van der Waals surface area contributed by atoms with E-state index >= 15 is 0 Å². The number of benzene rings is 2. The highest BCUT2D eigenvalue weighted by atomic mass is 16.5. The van der Waals surface area contributed by atoms with Crippen LogP contribution >= 0.6 is 0 Å². The number of fused-ring (bicyclic) bond motifs is 2. The van der Waals surface area contributed by atoms with E-state index in [0.717, 1.165) is 38.1 Å². The second-order valence-corrected chi connectivity index (χ2v) is 6.82. The Hall–Kier alpha value is -2.49. The maximum atomic E-state index is 11.4. The molecule has 0 aromatic heterocycles. The number of carbonyl (C=O) groups excluding carboxylic acids is 1. The Bertz CT molecular complexity index is 736. The van der Waals surface area contributed by atoms with Crippen LogP contribution in [0.3, 0.4) is 0 Å². The van der Waals surface area contributed by atoms with Crippen molar-refractivity contribution in [2.75, 3.05) is 13.1 Å². The number of carbonyl (C=O) groups is 1. The largest absolute Gasteiger partial charge is 0.486 e. The molecule has 1 unspecified atom stereocenters. The average molecular weight is 322 g/mol. The zero-order valence-electron chi connectivity index (χ0n) is 13.7. The lowest BCUT2D eigenvalue weighted by Crippen LogP contribution is -2.46. The van der Waals surface area contributed by atoms with E-state index in [9.17, 15) is 4.79 Å². The molecule has 4 rings (SSSR count). The van der Waals surface area contributed by atoms with Crippen molar-refractivity contribution < 1.29 is 9.53 Å². The monoisotopic (exact) mass is 322 g/mol. The topological polar surface area (TPSA) is 55.6 Å². The Morgan fingerprint density at radius 1 is 1.04 bits per heavy atom. The molecule has 1 fully saturated rings. The predicted octanol–water partition coefficient (Wildman–Crippen LogP) is 3.62. The van der Waals surface area contributed by atoms with Crippen molar-refractivity contribution in [2.45, 2.75) is 30.8 Å². The minimum absolute atomic E-state index is 0.0729. The lowest BCUT2D eigenvalue weighted by Gasteiger charge is -2.39. The summed E-state index contributed by atoms with van der Waals surface area (Å²) in [6, 6.07) is 18.3. The predicted molar refractivity (Wildman–Crippen MR) is 92.9 cm³/mol. The van der Waals surface area contributed by atoms with E-state index < -0.39 is 0 Å². The molecule has 2 N–H and O–H groups in total. The summed E-state index contributed by atoms with van der Waals surface area (Å²) >= 11 is 0. The van der Waals surface area contributed by atoms with Crippen molar-refractivity contribution in [3.05, 3.63) is 65.7 Å². The van der Waals surface area contributed by atoms with E-state index in [1.807, 2.05) is 30.3 Å². The number of likely N-dealkylation sites (tertiary alicyclic amines) is 1. The van der Waals surface area contributed by atoms with Crippen LogP contribution in [0.5, 0.6) is 5.75 Å². The highest BCUT2D eigenvalue weighted by Crippen LogP contribution is 2.51. The van der Waals surface area contributed by atoms with Crippen LogP contribution in [-0.2, 0) is 5.41 Å². The van der Waals surface area contributed by atoms with Gasteiger partial charge in [0, 0.05) is 18.5 Å². The summed E-state index contributed by atoms with van der Waals surface area (Å²) in [5, 5.41) is 0. The van der Waals surface area contributed by atoms with Crippen molar-refractivity contribution in [1.82, 2.24) is 4.90 Å². The molecule has 0 radical (unpaired) electrons. The van der Waals surface area contributed by atoms with E-state index in [-0.39, 0.29) is 17.6 Å². The summed E-state index contributed by atoms with van der Waals surface area (Å²) in [6.07, 6.45) is 2.93. The molecular weight excluding hydrogens is 300 g/mol. The van der Waals surface area contributed by atoms with Crippen LogP contribution in [0, 0.1) is 0 Å². The number of piperidine rings is 1. The van der Waals surface area contributed by atoms with Crippen LogP contribution in [0.25, 0.3) is 0 Å². The minimum Gasteiger partial charge on any atom is -0.486 e. The van der Waals surface area contributed by atoms with Gasteiger partial charge in [0.15, 0.2) is 0 Å². The molecule has 2 aliphatic rings. The van der Waals surface area contributed by atoms with Gasteiger partial charge in [-0.15, -0.1) is 0 Å². The van der Waals surface area contributed by atoms with Crippen LogP contribution in [0.15, 0.2) is 54.6 Å². The second kappa shape index (κ2) is 5.86. The number of nitrogens with two attached hydrogens (primary N) is 1. The van der Waals surface area contributed by atoms with Crippen LogP contribution in [-0.4, -0.2) is 24.0 Å². The van der Waals surface area contributed by atoms with Gasteiger partial charge in [0.25, 0.3) is 0 Å². The quantitative estimate of drug-likeness (QED) is 0.918. The highest BCUT2D eigenvalue weighted by Gasteiger charge is 2.46. The van der Waals surface area contributed by atoms with Crippen molar-refractivity contribution in [1.29, 1.82) is 0 Å². The first-order valence-electron chi connectivity index (χ1n) is 8.53. The number of urea groups is 1. The third kappa shape index (κ3) is 2.52. The van der Waals surface area contributed by atoms with E-state index in [2.05, 4.69) is 24.3 Å². The fourth-order valence-corrected chi connectivity index (χ4v) is 4.23. The summed E-state index contributed by atoms with van der Waals surface area (Å²) < 4.78 is 6.30. The summed E-state index contributed by atoms with van der Waals surface area (Å²) in [5.74, 6) is 0.906. The molecule has 0 bridgehead atoms. The van der Waals surface area contributed by atoms with E-state index in [0.29, 0.717) is 0 Å². The maximum absolute atomic E-state index is 11.4. The SMILES string of the molecule is NC(=O)N1CCC2(CC1)CC(Oc1ccccc1)c1ccccc12. The molecule has 1 atom stereocenters. The average Bonchev–Trinajstić information content (AvgIpc) is 2.90. The van der Waals surface area contributed by atoms with E-state index in [4.69, 9.17) is 10.5 Å². The van der Waals surface area contributed by atoms with Gasteiger partial charge in [-0.05, 0) is 42.5 Å². The molecule has 1 saturated heterocycles. The zero-order valence-corrected chi connectivity index (χ0v) is 13.7. The molecule has 1 aliphatic carbocycles. The number of rotatable bonds is 2. The normalized spacial score (nSPS) is 21.5. The number of primary amides is 1. The third-order valence-corrected chi connectivity index (χ3v) is 5.51. The first-order valence-corrected chi connectivity index (χ1v) is 8.53. The van der Waals surface area contributed by atoms with Gasteiger partial charge in [0.05, 0.1) is 0 Å². The lowest BCUT2D eigenvalue weighted by atomic mass is 9.74. The van der Waals surface area contributed by atoms with E-state index in [1.54, 1.807) is 4.90 Å². The third-order valence-electron chi connectivity index (χ3n) is 5.51. The van der Waals surface area contributed by atoms with Crippen LogP contribution < -0.4 is 10.5 Å². The Kier molecular flexibility index (Phi) is 3.68. The first-order chi connectivity index (χ1) is 11.7. The van der Waals surface area contributed by atoms with Crippen molar-refractivity contribution in [2.24, 2.45) is 5.73 Å². The molecule has 1 spiro atoms. The highest BCUT2D eigenvalue weighted by molar-refractivity contribution is 5.72. The first kappa shape index (κ1) is 15.1. The number of amides is 2. The van der Waals surface area contributed by atoms with Gasteiger partial charge in [-0.1, -0.05) is 42.5 Å². The summed E-state index contributed by atoms with van der Waals surface area (Å²) in [7, 11) is 0. The van der Waals surface area contributed by atoms with Gasteiger partial charge < -0.3 is 15.4 Å². The molecule has 0 saturated carbocycles. The molecule has 1 aliphatic heterocycles. The van der Waals surface area contributed by atoms with Gasteiger partial charge >= 0.3 is 6.03 Å². The van der Waals surface area contributed by atoms with Crippen LogP contribution in [0.4, 0.5) is 4.79 Å². The fourth-order valence-electron chi connectivity index (χ4n) is 4.23. The Labute approximate surface area is 142 Å². The van der Waals surface area contributed by atoms with E-state index in [1.165, 1.54) is 11.1 Å². The fraction of sp³-hybridized carbons (Fsp3) is 0.350. The van der Waals surface area contributed by atoms with Gasteiger partial charge in [0.2, 0.25) is 0 Å². The Balaban J connectivity index is 1.61. The van der Waals surface area contributed by atoms with Gasteiger partial charge in [-0.25, -0.2) is 4.79 Å². The summed E-state index contributed by atoms with van der Waals surface area (Å²) in [5.41, 5.74) is 8.21. The van der Waals surface area contributed by atoms with Crippen LogP contribution in [0.1, 0.15) is 36.5 Å². The molecule has 4 nitrogen and oxygen atoms in total. The molecular formula is C20H22N2O2. The molecule has 1 heterocycles. The van der Waals surface area contributed by atoms with Crippen molar-refractivity contribution in [3.8, 4) is 5.75 Å². The van der Waals surface area contributed by atoms with Gasteiger partial charge in [-0.3, -0.25) is 0 Å².